The van der Waals surface area contributed by atoms with Crippen molar-refractivity contribution < 1.29 is 19.1 Å². The summed E-state index contributed by atoms with van der Waals surface area (Å²) in [6.07, 6.45) is 0. The molecular weight excluding hydrogens is 442 g/mol. The molecule has 0 aliphatic carbocycles. The summed E-state index contributed by atoms with van der Waals surface area (Å²) in [5.41, 5.74) is 2.07. The summed E-state index contributed by atoms with van der Waals surface area (Å²) in [4.78, 5) is 40.0. The number of nitrogens with one attached hydrogen (secondary N) is 1. The molecular formula is C25H24ClN3O4. The highest BCUT2D eigenvalue weighted by Gasteiger charge is 2.50. The van der Waals surface area contributed by atoms with E-state index in [2.05, 4.69) is 5.32 Å². The van der Waals surface area contributed by atoms with Gasteiger partial charge in [0.2, 0.25) is 0 Å². The van der Waals surface area contributed by atoms with Crippen LogP contribution in [0.3, 0.4) is 0 Å². The van der Waals surface area contributed by atoms with Crippen LogP contribution in [0.25, 0.3) is 5.69 Å². The first-order chi connectivity index (χ1) is 15.7. The largest absolute Gasteiger partial charge is 0.497 e. The minimum Gasteiger partial charge on any atom is -0.497 e. The number of urea groups is 1. The molecule has 1 atom stereocenters. The lowest BCUT2D eigenvalue weighted by Crippen LogP contribution is -2.41. The van der Waals surface area contributed by atoms with E-state index in [1.54, 1.807) is 44.4 Å². The van der Waals surface area contributed by atoms with Gasteiger partial charge in [-0.2, -0.15) is 0 Å². The maximum Gasteiger partial charge on any atom is 0.325 e. The van der Waals surface area contributed by atoms with Crippen molar-refractivity contribution in [2.24, 2.45) is 0 Å². The van der Waals surface area contributed by atoms with Crippen molar-refractivity contribution in [2.75, 3.05) is 13.7 Å². The summed E-state index contributed by atoms with van der Waals surface area (Å²) in [6.45, 7) is 4.96. The maximum absolute atomic E-state index is 13.2. The van der Waals surface area contributed by atoms with Crippen molar-refractivity contribution in [3.63, 3.8) is 0 Å². The number of hydrogen-bond donors (Lipinski definition) is 1. The zero-order chi connectivity index (χ0) is 23.9. The lowest BCUT2D eigenvalue weighted by molar-refractivity contribution is -0.130. The third-order valence-corrected chi connectivity index (χ3v) is 6.38. The molecule has 1 N–H and O–H groups in total. The van der Waals surface area contributed by atoms with Gasteiger partial charge in [-0.3, -0.25) is 14.5 Å². The second-order valence-corrected chi connectivity index (χ2v) is 8.57. The van der Waals surface area contributed by atoms with Crippen LogP contribution in [0, 0.1) is 13.8 Å². The number of aromatic nitrogens is 1. The third kappa shape index (κ3) is 3.78. The average Bonchev–Trinajstić information content (AvgIpc) is 3.21. The second kappa shape index (κ2) is 8.41. The molecule has 3 amide bonds. The van der Waals surface area contributed by atoms with E-state index >= 15 is 0 Å². The summed E-state index contributed by atoms with van der Waals surface area (Å²) in [7, 11) is 1.60. The average molecular weight is 466 g/mol. The first-order valence-electron chi connectivity index (χ1n) is 10.4. The van der Waals surface area contributed by atoms with E-state index in [0.717, 1.165) is 27.7 Å². The first kappa shape index (κ1) is 22.6. The van der Waals surface area contributed by atoms with Crippen molar-refractivity contribution in [3.8, 4) is 11.4 Å². The van der Waals surface area contributed by atoms with Gasteiger partial charge >= 0.3 is 6.03 Å². The van der Waals surface area contributed by atoms with Crippen LogP contribution in [-0.4, -0.2) is 40.8 Å². The van der Waals surface area contributed by atoms with Crippen molar-refractivity contribution in [2.45, 2.75) is 26.3 Å². The van der Waals surface area contributed by atoms with Gasteiger partial charge in [0.25, 0.3) is 5.91 Å². The molecule has 1 saturated heterocycles. The van der Waals surface area contributed by atoms with Crippen LogP contribution in [-0.2, 0) is 10.3 Å². The highest BCUT2D eigenvalue weighted by atomic mass is 35.5. The van der Waals surface area contributed by atoms with Crippen molar-refractivity contribution in [1.29, 1.82) is 0 Å². The predicted octanol–water partition coefficient (Wildman–Crippen LogP) is 4.41. The van der Waals surface area contributed by atoms with Crippen molar-refractivity contribution in [3.05, 3.63) is 82.1 Å². The van der Waals surface area contributed by atoms with Crippen LogP contribution < -0.4 is 10.1 Å². The van der Waals surface area contributed by atoms with Crippen LogP contribution in [0.1, 0.15) is 34.2 Å². The highest BCUT2D eigenvalue weighted by molar-refractivity contribution is 6.32. The summed E-state index contributed by atoms with van der Waals surface area (Å²) < 4.78 is 7.16. The number of carbonyl (C=O) groups excluding carboxylic acids is 3. The van der Waals surface area contributed by atoms with Gasteiger partial charge in [0.15, 0.2) is 5.78 Å². The Hall–Kier alpha value is -3.58. The number of nitrogens with zero attached hydrogens (tertiary/aromatic N) is 2. The van der Waals surface area contributed by atoms with Gasteiger partial charge in [0.05, 0.1) is 13.7 Å². The molecule has 33 heavy (non-hydrogen) atoms. The number of carbonyl (C=O) groups is 3. The Morgan fingerprint density at radius 1 is 1.09 bits per heavy atom. The summed E-state index contributed by atoms with van der Waals surface area (Å²) in [6, 6.07) is 15.5. The molecule has 1 fully saturated rings. The normalized spacial score (nSPS) is 17.9. The predicted molar refractivity (Wildman–Crippen MR) is 125 cm³/mol. The number of ketones is 1. The number of hydrogen-bond acceptors (Lipinski definition) is 4. The van der Waals surface area contributed by atoms with Crippen LogP contribution in [0.15, 0.2) is 54.6 Å². The molecule has 3 aromatic rings. The fourth-order valence-corrected chi connectivity index (χ4v) is 4.62. The van der Waals surface area contributed by atoms with Crippen molar-refractivity contribution in [1.82, 2.24) is 14.8 Å². The molecule has 0 bridgehead atoms. The fourth-order valence-electron chi connectivity index (χ4n) is 4.29. The Balaban J connectivity index is 1.61. The van der Waals surface area contributed by atoms with Gasteiger partial charge in [-0.05, 0) is 57.2 Å². The van der Waals surface area contributed by atoms with E-state index in [0.29, 0.717) is 16.1 Å². The van der Waals surface area contributed by atoms with E-state index in [1.165, 1.54) is 0 Å². The number of Topliss-reactive ketones (excluding diaryl/α,β-unsaturated/α-hetero) is 1. The zero-order valence-corrected chi connectivity index (χ0v) is 19.6. The van der Waals surface area contributed by atoms with Gasteiger partial charge < -0.3 is 14.6 Å². The maximum atomic E-state index is 13.2. The number of halogens is 1. The van der Waals surface area contributed by atoms with Gasteiger partial charge in [-0.1, -0.05) is 29.8 Å². The third-order valence-electron chi connectivity index (χ3n) is 6.05. The van der Waals surface area contributed by atoms with Crippen LogP contribution >= 0.6 is 11.6 Å². The van der Waals surface area contributed by atoms with E-state index in [4.69, 9.17) is 16.3 Å². The summed E-state index contributed by atoms with van der Waals surface area (Å²) in [5.74, 6) is -0.106. The van der Waals surface area contributed by atoms with Gasteiger partial charge in [-0.15, -0.1) is 0 Å². The molecule has 2 heterocycles. The lowest BCUT2D eigenvalue weighted by atomic mass is 9.92. The molecule has 8 heteroatoms. The van der Waals surface area contributed by atoms with Gasteiger partial charge in [-0.25, -0.2) is 4.79 Å². The van der Waals surface area contributed by atoms with Gasteiger partial charge in [0, 0.05) is 33.2 Å². The molecule has 0 radical (unpaired) electrons. The Morgan fingerprint density at radius 2 is 1.76 bits per heavy atom. The van der Waals surface area contributed by atoms with E-state index < -0.39 is 17.5 Å². The molecule has 4 rings (SSSR count). The summed E-state index contributed by atoms with van der Waals surface area (Å²) >= 11 is 6.27. The quantitative estimate of drug-likeness (QED) is 0.432. The van der Waals surface area contributed by atoms with Gasteiger partial charge in [0.1, 0.15) is 11.3 Å². The SMILES string of the molecule is COc1ccc(-n2c(C)cc(C(=O)CN3C(=O)N[C@](C)(c4ccccc4Cl)C3=O)c2C)cc1. The standard InChI is InChI=1S/C25H24ClN3O4/c1-15-13-19(16(2)29(15)17-9-11-18(33-4)12-10-17)22(30)14-28-23(31)25(3,27-24(28)32)20-7-5-6-8-21(20)26/h5-13H,14H2,1-4H3,(H,27,32)/t25-/m1/s1. The minimum absolute atomic E-state index is 0.324. The molecule has 1 aliphatic rings. The molecule has 0 spiro atoms. The second-order valence-electron chi connectivity index (χ2n) is 8.17. The Bertz CT molecular complexity index is 1270. The fraction of sp³-hybridized carbons (Fsp3) is 0.240. The molecule has 1 aliphatic heterocycles. The Labute approximate surface area is 196 Å². The van der Waals surface area contributed by atoms with Crippen LogP contribution in [0.4, 0.5) is 4.79 Å². The lowest BCUT2D eigenvalue weighted by Gasteiger charge is -2.23. The number of amides is 3. The van der Waals surface area contributed by atoms with Crippen molar-refractivity contribution >= 4 is 29.3 Å². The molecule has 2 aromatic carbocycles. The molecule has 0 unspecified atom stereocenters. The summed E-state index contributed by atoms with van der Waals surface area (Å²) in [5, 5.41) is 3.06. The molecule has 1 aromatic heterocycles. The van der Waals surface area contributed by atoms with E-state index in [9.17, 15) is 14.4 Å². The van der Waals surface area contributed by atoms with Crippen LogP contribution in [0.2, 0.25) is 5.02 Å². The molecule has 170 valence electrons. The monoisotopic (exact) mass is 465 g/mol. The number of ether oxygens (including phenoxy) is 1. The first-order valence-corrected chi connectivity index (χ1v) is 10.8. The smallest absolute Gasteiger partial charge is 0.325 e. The number of rotatable bonds is 6. The van der Waals surface area contributed by atoms with E-state index in [1.807, 2.05) is 42.7 Å². The van der Waals surface area contributed by atoms with Crippen LogP contribution in [0.5, 0.6) is 5.75 Å². The number of benzene rings is 2. The zero-order valence-electron chi connectivity index (χ0n) is 18.8. The minimum atomic E-state index is -1.34. The Kier molecular flexibility index (Phi) is 5.76. The molecule has 0 saturated carbocycles. The Morgan fingerprint density at radius 3 is 2.39 bits per heavy atom. The number of methoxy groups -OCH3 is 1. The topological polar surface area (TPSA) is 80.6 Å². The van der Waals surface area contributed by atoms with E-state index in [-0.39, 0.29) is 12.3 Å². The number of imide groups is 1. The highest BCUT2D eigenvalue weighted by Crippen LogP contribution is 2.33. The number of aryl methyl sites for hydroxylation is 1. The molecule has 7 nitrogen and oxygen atoms in total.